The summed E-state index contributed by atoms with van der Waals surface area (Å²) in [5, 5.41) is 0. The van der Waals surface area contributed by atoms with Gasteiger partial charge in [-0.2, -0.15) is 13.2 Å². The summed E-state index contributed by atoms with van der Waals surface area (Å²) in [7, 11) is 0. The standard InChI is InChI=1S/C8H4BrClF4/c9-6-1-4(8(12,13)14)2-7(11)5(6)3-10/h1-2H,3H2. The van der Waals surface area contributed by atoms with Crippen LogP contribution < -0.4 is 0 Å². The topological polar surface area (TPSA) is 0 Å². The van der Waals surface area contributed by atoms with Gasteiger partial charge < -0.3 is 0 Å². The third-order valence-corrected chi connectivity index (χ3v) is 2.58. The van der Waals surface area contributed by atoms with Gasteiger partial charge in [-0.1, -0.05) is 15.9 Å². The lowest BCUT2D eigenvalue weighted by molar-refractivity contribution is -0.137. The highest BCUT2D eigenvalue weighted by molar-refractivity contribution is 9.10. The first-order chi connectivity index (χ1) is 6.36. The molecule has 0 radical (unpaired) electrons. The van der Waals surface area contributed by atoms with E-state index in [1.807, 2.05) is 0 Å². The van der Waals surface area contributed by atoms with Crippen molar-refractivity contribution in [3.63, 3.8) is 0 Å². The van der Waals surface area contributed by atoms with Crippen molar-refractivity contribution in [2.75, 3.05) is 0 Å². The van der Waals surface area contributed by atoms with Crippen LogP contribution in [0.3, 0.4) is 0 Å². The Bertz CT molecular complexity index is 325. The van der Waals surface area contributed by atoms with E-state index in [0.29, 0.717) is 6.07 Å². The number of halogens is 6. The largest absolute Gasteiger partial charge is 0.416 e. The Morgan fingerprint density at radius 3 is 2.21 bits per heavy atom. The number of rotatable bonds is 1. The molecule has 0 heterocycles. The van der Waals surface area contributed by atoms with E-state index in [0.717, 1.165) is 6.07 Å². The minimum Gasteiger partial charge on any atom is -0.207 e. The quantitative estimate of drug-likeness (QED) is 0.533. The molecular formula is C8H4BrClF4. The van der Waals surface area contributed by atoms with Crippen molar-refractivity contribution in [1.82, 2.24) is 0 Å². The number of hydrogen-bond acceptors (Lipinski definition) is 0. The van der Waals surface area contributed by atoms with Crippen LogP contribution >= 0.6 is 27.5 Å². The second kappa shape index (κ2) is 4.06. The van der Waals surface area contributed by atoms with Gasteiger partial charge in [0, 0.05) is 10.0 Å². The molecule has 0 unspecified atom stereocenters. The zero-order valence-electron chi connectivity index (χ0n) is 6.63. The fourth-order valence-electron chi connectivity index (χ4n) is 0.894. The van der Waals surface area contributed by atoms with Crippen LogP contribution in [0, 0.1) is 5.82 Å². The average molecular weight is 291 g/mol. The third-order valence-electron chi connectivity index (χ3n) is 1.60. The monoisotopic (exact) mass is 290 g/mol. The molecule has 0 atom stereocenters. The van der Waals surface area contributed by atoms with Crippen molar-refractivity contribution < 1.29 is 17.6 Å². The van der Waals surface area contributed by atoms with Gasteiger partial charge in [0.05, 0.1) is 11.4 Å². The summed E-state index contributed by atoms with van der Waals surface area (Å²) >= 11 is 8.18. The smallest absolute Gasteiger partial charge is 0.207 e. The molecule has 0 saturated carbocycles. The predicted octanol–water partition coefficient (Wildman–Crippen LogP) is 4.35. The lowest BCUT2D eigenvalue weighted by Gasteiger charge is -2.09. The van der Waals surface area contributed by atoms with Crippen LogP contribution in [0.25, 0.3) is 0 Å². The van der Waals surface area contributed by atoms with Crippen molar-refractivity contribution in [3.8, 4) is 0 Å². The molecule has 0 aliphatic rings. The van der Waals surface area contributed by atoms with E-state index < -0.39 is 17.6 Å². The zero-order chi connectivity index (χ0) is 10.9. The lowest BCUT2D eigenvalue weighted by Crippen LogP contribution is -2.06. The van der Waals surface area contributed by atoms with E-state index >= 15 is 0 Å². The van der Waals surface area contributed by atoms with Gasteiger partial charge in [0.2, 0.25) is 0 Å². The average Bonchev–Trinajstić information content (AvgIpc) is 2.01. The minimum absolute atomic E-state index is 0.0275. The van der Waals surface area contributed by atoms with Crippen LogP contribution in [0.5, 0.6) is 0 Å². The van der Waals surface area contributed by atoms with Gasteiger partial charge in [0.15, 0.2) is 0 Å². The zero-order valence-corrected chi connectivity index (χ0v) is 8.97. The highest BCUT2D eigenvalue weighted by Crippen LogP contribution is 2.34. The molecule has 0 saturated heterocycles. The van der Waals surface area contributed by atoms with Crippen molar-refractivity contribution in [2.45, 2.75) is 12.1 Å². The van der Waals surface area contributed by atoms with Crippen LogP contribution in [0.4, 0.5) is 17.6 Å². The van der Waals surface area contributed by atoms with Crippen molar-refractivity contribution >= 4 is 27.5 Å². The molecule has 1 rings (SSSR count). The van der Waals surface area contributed by atoms with E-state index in [1.165, 1.54) is 0 Å². The summed E-state index contributed by atoms with van der Waals surface area (Å²) in [6, 6.07) is 1.24. The molecule has 0 nitrogen and oxygen atoms in total. The van der Waals surface area contributed by atoms with Gasteiger partial charge in [-0.15, -0.1) is 11.6 Å². The first-order valence-corrected chi connectivity index (χ1v) is 4.80. The maximum atomic E-state index is 13.0. The maximum absolute atomic E-state index is 13.0. The van der Waals surface area contributed by atoms with Gasteiger partial charge in [-0.25, -0.2) is 4.39 Å². The van der Waals surface area contributed by atoms with Crippen LogP contribution in [0.1, 0.15) is 11.1 Å². The Morgan fingerprint density at radius 2 is 1.86 bits per heavy atom. The molecule has 0 fully saturated rings. The summed E-state index contributed by atoms with van der Waals surface area (Å²) in [5.74, 6) is -1.13. The fraction of sp³-hybridized carbons (Fsp3) is 0.250. The van der Waals surface area contributed by atoms with Crippen LogP contribution in [-0.2, 0) is 12.1 Å². The van der Waals surface area contributed by atoms with E-state index in [-0.39, 0.29) is 15.9 Å². The Kier molecular flexibility index (Phi) is 3.42. The molecule has 0 aliphatic heterocycles. The number of benzene rings is 1. The van der Waals surface area contributed by atoms with E-state index in [1.54, 1.807) is 0 Å². The Balaban J connectivity index is 3.28. The van der Waals surface area contributed by atoms with Crippen LogP contribution in [-0.4, -0.2) is 0 Å². The van der Waals surface area contributed by atoms with Gasteiger partial charge >= 0.3 is 6.18 Å². The van der Waals surface area contributed by atoms with E-state index in [4.69, 9.17) is 11.6 Å². The lowest BCUT2D eigenvalue weighted by atomic mass is 10.1. The number of alkyl halides is 4. The molecular weight excluding hydrogens is 287 g/mol. The molecule has 0 bridgehead atoms. The molecule has 78 valence electrons. The highest BCUT2D eigenvalue weighted by atomic mass is 79.9. The van der Waals surface area contributed by atoms with Crippen molar-refractivity contribution in [3.05, 3.63) is 33.5 Å². The molecule has 0 spiro atoms. The molecule has 1 aromatic carbocycles. The summed E-state index contributed by atoms with van der Waals surface area (Å²) < 4.78 is 49.5. The first kappa shape index (κ1) is 11.8. The normalized spacial score (nSPS) is 11.9. The van der Waals surface area contributed by atoms with E-state index in [2.05, 4.69) is 15.9 Å². The van der Waals surface area contributed by atoms with Gasteiger partial charge in [-0.05, 0) is 12.1 Å². The molecule has 14 heavy (non-hydrogen) atoms. The summed E-state index contributed by atoms with van der Waals surface area (Å²) in [5.41, 5.74) is -1.00. The summed E-state index contributed by atoms with van der Waals surface area (Å²) in [6.07, 6.45) is -4.55. The Hall–Kier alpha value is -0.290. The summed E-state index contributed by atoms with van der Waals surface area (Å²) in [4.78, 5) is 0. The first-order valence-electron chi connectivity index (χ1n) is 3.47. The van der Waals surface area contributed by atoms with Gasteiger partial charge in [-0.3, -0.25) is 0 Å². The molecule has 0 aliphatic carbocycles. The Labute approximate surface area is 91.0 Å². The second-order valence-corrected chi connectivity index (χ2v) is 3.67. The fourth-order valence-corrected chi connectivity index (χ4v) is 1.90. The van der Waals surface area contributed by atoms with Gasteiger partial charge in [0.25, 0.3) is 0 Å². The molecule has 0 aromatic heterocycles. The summed E-state index contributed by atoms with van der Waals surface area (Å²) in [6.45, 7) is 0. The molecule has 1 aromatic rings. The third kappa shape index (κ3) is 2.39. The van der Waals surface area contributed by atoms with Crippen molar-refractivity contribution in [2.24, 2.45) is 0 Å². The van der Waals surface area contributed by atoms with Crippen molar-refractivity contribution in [1.29, 1.82) is 0 Å². The molecule has 0 N–H and O–H groups in total. The molecule has 6 heteroatoms. The maximum Gasteiger partial charge on any atom is 0.416 e. The Morgan fingerprint density at radius 1 is 1.29 bits per heavy atom. The molecule has 0 amide bonds. The van der Waals surface area contributed by atoms with Gasteiger partial charge in [0.1, 0.15) is 5.82 Å². The number of hydrogen-bond donors (Lipinski definition) is 0. The van der Waals surface area contributed by atoms with Crippen LogP contribution in [0.15, 0.2) is 16.6 Å². The van der Waals surface area contributed by atoms with Crippen LogP contribution in [0.2, 0.25) is 0 Å². The minimum atomic E-state index is -4.55. The SMILES string of the molecule is Fc1cc(C(F)(F)F)cc(Br)c1CCl. The highest BCUT2D eigenvalue weighted by Gasteiger charge is 2.32. The van der Waals surface area contributed by atoms with E-state index in [9.17, 15) is 17.6 Å². The predicted molar refractivity (Wildman–Crippen MR) is 48.7 cm³/mol. The second-order valence-electron chi connectivity index (χ2n) is 2.55.